The Kier molecular flexibility index (Phi) is 13.2. The SMILES string of the molecule is CC(C)CCCOC(=O)Cn1nnc2c1-c1ccccc1CN(C(=O)CCC(=O)NCCCOCCC(=O)C(C)C)c1ccccc1-2. The first kappa shape index (κ1) is 35.5. The monoisotopic (exact) mass is 645 g/mol. The van der Waals surface area contributed by atoms with Crippen LogP contribution in [0.2, 0.25) is 0 Å². The largest absolute Gasteiger partial charge is 0.464 e. The first-order chi connectivity index (χ1) is 22.7. The van der Waals surface area contributed by atoms with Gasteiger partial charge in [0.25, 0.3) is 0 Å². The Hall–Kier alpha value is -4.38. The molecule has 11 nitrogen and oxygen atoms in total. The lowest BCUT2D eigenvalue weighted by Crippen LogP contribution is -2.33. The molecule has 0 saturated heterocycles. The standard InChI is InChI=1S/C36H47N5O6/c1-25(2)11-9-21-47-34(45)24-41-36-28-13-6-5-12-27(28)23-40(30-15-8-7-14-29(30)35(36)38-39-41)33(44)17-16-32(43)37-19-10-20-46-22-18-31(42)26(3)4/h5-8,12-15,25-26H,9-11,16-24H2,1-4H3,(H,37,43). The Labute approximate surface area is 277 Å². The Morgan fingerprint density at radius 2 is 1.62 bits per heavy atom. The summed E-state index contributed by atoms with van der Waals surface area (Å²) in [6.45, 7) is 9.81. The molecule has 2 heterocycles. The van der Waals surface area contributed by atoms with Crippen molar-refractivity contribution in [1.29, 1.82) is 0 Å². The first-order valence-electron chi connectivity index (χ1n) is 16.6. The van der Waals surface area contributed by atoms with Gasteiger partial charge in [0.2, 0.25) is 11.8 Å². The zero-order valence-corrected chi connectivity index (χ0v) is 28.0. The highest BCUT2D eigenvalue weighted by atomic mass is 16.5. The maximum absolute atomic E-state index is 13.7. The maximum Gasteiger partial charge on any atom is 0.327 e. The molecule has 0 unspecified atom stereocenters. The van der Waals surface area contributed by atoms with E-state index in [0.29, 0.717) is 67.8 Å². The quantitative estimate of drug-likeness (QED) is 0.153. The summed E-state index contributed by atoms with van der Waals surface area (Å²) < 4.78 is 12.6. The number of ketones is 1. The van der Waals surface area contributed by atoms with Gasteiger partial charge in [0.1, 0.15) is 18.0 Å². The van der Waals surface area contributed by atoms with Crippen LogP contribution in [0.5, 0.6) is 0 Å². The Bertz CT molecular complexity index is 1530. The van der Waals surface area contributed by atoms with Crippen molar-refractivity contribution < 1.29 is 28.7 Å². The number of nitrogens with one attached hydrogen (secondary N) is 1. The number of benzene rings is 2. The molecule has 0 aliphatic carbocycles. The van der Waals surface area contributed by atoms with Gasteiger partial charge in [-0.1, -0.05) is 75.4 Å². The number of carbonyl (C=O) groups excluding carboxylic acids is 4. The van der Waals surface area contributed by atoms with Crippen molar-refractivity contribution in [3.05, 3.63) is 54.1 Å². The number of carbonyl (C=O) groups is 4. The second-order valence-electron chi connectivity index (χ2n) is 12.5. The van der Waals surface area contributed by atoms with Crippen molar-refractivity contribution >= 4 is 29.3 Å². The molecule has 3 aromatic rings. The minimum atomic E-state index is -0.380. The average Bonchev–Trinajstić information content (AvgIpc) is 3.45. The molecule has 47 heavy (non-hydrogen) atoms. The van der Waals surface area contributed by atoms with E-state index < -0.39 is 0 Å². The van der Waals surface area contributed by atoms with Crippen LogP contribution in [-0.2, 0) is 41.7 Å². The second kappa shape index (κ2) is 17.5. The van der Waals surface area contributed by atoms with E-state index in [1.54, 1.807) is 9.58 Å². The van der Waals surface area contributed by atoms with E-state index in [1.165, 1.54) is 0 Å². The van der Waals surface area contributed by atoms with Crippen molar-refractivity contribution in [3.63, 3.8) is 0 Å². The van der Waals surface area contributed by atoms with Gasteiger partial charge < -0.3 is 19.7 Å². The molecule has 1 aliphatic rings. The molecular formula is C36H47N5O6. The summed E-state index contributed by atoms with van der Waals surface area (Å²) in [6, 6.07) is 15.2. The normalized spacial score (nSPS) is 12.2. The lowest BCUT2D eigenvalue weighted by Gasteiger charge is -2.28. The molecule has 0 bridgehead atoms. The number of rotatable bonds is 17. The minimum Gasteiger partial charge on any atom is -0.464 e. The van der Waals surface area contributed by atoms with Gasteiger partial charge in [-0.2, -0.15) is 0 Å². The maximum atomic E-state index is 13.7. The van der Waals surface area contributed by atoms with Crippen molar-refractivity contribution in [1.82, 2.24) is 20.3 Å². The number of ether oxygens (including phenoxy) is 2. The third kappa shape index (κ3) is 10.1. The molecule has 1 N–H and O–H groups in total. The smallest absolute Gasteiger partial charge is 0.327 e. The topological polar surface area (TPSA) is 133 Å². The fourth-order valence-corrected chi connectivity index (χ4v) is 5.40. The van der Waals surface area contributed by atoms with Crippen LogP contribution in [0.1, 0.15) is 71.8 Å². The summed E-state index contributed by atoms with van der Waals surface area (Å²) in [6.07, 6.45) is 2.86. The number of aromatic nitrogens is 3. The van der Waals surface area contributed by atoms with Gasteiger partial charge in [0, 0.05) is 49.5 Å². The molecule has 0 radical (unpaired) electrons. The zero-order chi connectivity index (χ0) is 33.8. The third-order valence-corrected chi connectivity index (χ3v) is 8.05. The predicted octanol–water partition coefficient (Wildman–Crippen LogP) is 5.36. The van der Waals surface area contributed by atoms with Crippen LogP contribution in [0.15, 0.2) is 48.5 Å². The molecular weight excluding hydrogens is 598 g/mol. The fourth-order valence-electron chi connectivity index (χ4n) is 5.40. The molecule has 11 heteroatoms. The van der Waals surface area contributed by atoms with Gasteiger partial charge in [-0.3, -0.25) is 19.2 Å². The lowest BCUT2D eigenvalue weighted by molar-refractivity contribution is -0.144. The van der Waals surface area contributed by atoms with Crippen molar-refractivity contribution in [2.45, 2.75) is 79.3 Å². The molecule has 1 aromatic heterocycles. The van der Waals surface area contributed by atoms with E-state index in [1.807, 2.05) is 62.4 Å². The predicted molar refractivity (Wildman–Crippen MR) is 179 cm³/mol. The van der Waals surface area contributed by atoms with E-state index in [9.17, 15) is 19.2 Å². The number of esters is 1. The van der Waals surface area contributed by atoms with Gasteiger partial charge in [0.15, 0.2) is 0 Å². The fraction of sp³-hybridized carbons (Fsp3) is 0.500. The molecule has 4 rings (SSSR count). The molecule has 0 spiro atoms. The minimum absolute atomic E-state index is 0.00204. The molecule has 2 amide bonds. The second-order valence-corrected chi connectivity index (χ2v) is 12.5. The summed E-state index contributed by atoms with van der Waals surface area (Å²) in [4.78, 5) is 52.5. The lowest BCUT2D eigenvalue weighted by atomic mass is 9.95. The van der Waals surface area contributed by atoms with Crippen molar-refractivity contribution in [3.8, 4) is 22.5 Å². The number of hydrogen-bond acceptors (Lipinski definition) is 8. The highest BCUT2D eigenvalue weighted by molar-refractivity contribution is 6.01. The van der Waals surface area contributed by atoms with Gasteiger partial charge in [-0.15, -0.1) is 5.10 Å². The Morgan fingerprint density at radius 3 is 2.38 bits per heavy atom. The number of hydrogen-bond donors (Lipinski definition) is 1. The highest BCUT2D eigenvalue weighted by Crippen LogP contribution is 2.41. The van der Waals surface area contributed by atoms with Crippen LogP contribution in [0.4, 0.5) is 5.69 Å². The van der Waals surface area contributed by atoms with Crippen LogP contribution in [0.3, 0.4) is 0 Å². The van der Waals surface area contributed by atoms with Crippen molar-refractivity contribution in [2.24, 2.45) is 11.8 Å². The van der Waals surface area contributed by atoms with E-state index >= 15 is 0 Å². The summed E-state index contributed by atoms with van der Waals surface area (Å²) in [5.74, 6) is -0.0706. The third-order valence-electron chi connectivity index (χ3n) is 8.05. The van der Waals surface area contributed by atoms with Crippen LogP contribution in [0.25, 0.3) is 22.5 Å². The number of fused-ring (bicyclic) bond motifs is 5. The zero-order valence-electron chi connectivity index (χ0n) is 28.0. The van der Waals surface area contributed by atoms with Crippen LogP contribution >= 0.6 is 0 Å². The average molecular weight is 646 g/mol. The molecule has 252 valence electrons. The number of para-hydroxylation sites is 1. The van der Waals surface area contributed by atoms with E-state index in [4.69, 9.17) is 9.47 Å². The van der Waals surface area contributed by atoms with Gasteiger partial charge in [-0.25, -0.2) is 4.68 Å². The molecule has 0 saturated carbocycles. The molecule has 0 fully saturated rings. The van der Waals surface area contributed by atoms with E-state index in [2.05, 4.69) is 29.5 Å². The highest BCUT2D eigenvalue weighted by Gasteiger charge is 2.29. The van der Waals surface area contributed by atoms with Gasteiger partial charge in [0.05, 0.1) is 31.1 Å². The molecule has 2 aromatic carbocycles. The molecule has 0 atom stereocenters. The van der Waals surface area contributed by atoms with Crippen LogP contribution < -0.4 is 10.2 Å². The van der Waals surface area contributed by atoms with Gasteiger partial charge in [-0.05, 0) is 36.8 Å². The van der Waals surface area contributed by atoms with E-state index in [-0.39, 0.29) is 55.4 Å². The van der Waals surface area contributed by atoms with E-state index in [0.717, 1.165) is 24.0 Å². The van der Waals surface area contributed by atoms with Crippen LogP contribution in [-0.4, -0.2) is 64.9 Å². The Morgan fingerprint density at radius 1 is 0.872 bits per heavy atom. The Balaban J connectivity index is 1.42. The van der Waals surface area contributed by atoms with Crippen molar-refractivity contribution in [2.75, 3.05) is 31.3 Å². The number of nitrogens with zero attached hydrogens (tertiary/aromatic N) is 4. The summed E-state index contributed by atoms with van der Waals surface area (Å²) in [7, 11) is 0. The number of amides is 2. The van der Waals surface area contributed by atoms with Crippen LogP contribution in [0, 0.1) is 11.8 Å². The first-order valence-corrected chi connectivity index (χ1v) is 16.6. The summed E-state index contributed by atoms with van der Waals surface area (Å²) in [5.41, 5.74) is 4.30. The summed E-state index contributed by atoms with van der Waals surface area (Å²) in [5, 5.41) is 11.7. The number of anilines is 1. The van der Waals surface area contributed by atoms with Gasteiger partial charge >= 0.3 is 5.97 Å². The number of Topliss-reactive ketones (excluding diaryl/α,β-unsaturated/α-hetero) is 1. The molecule has 1 aliphatic heterocycles. The summed E-state index contributed by atoms with van der Waals surface area (Å²) >= 11 is 0.